The Balaban J connectivity index is 3.60. The number of hydrogen-bond donors (Lipinski definition) is 1. The topological polar surface area (TPSA) is 69.4 Å². The van der Waals surface area contributed by atoms with Crippen LogP contribution in [0.5, 0.6) is 0 Å². The Bertz CT molecular complexity index is 156. The summed E-state index contributed by atoms with van der Waals surface area (Å²) in [7, 11) is 1.32. The van der Waals surface area contributed by atoms with E-state index >= 15 is 0 Å². The van der Waals surface area contributed by atoms with Crippen molar-refractivity contribution in [2.45, 2.75) is 19.8 Å². The van der Waals surface area contributed by atoms with E-state index in [9.17, 15) is 9.59 Å². The fourth-order valence-corrected chi connectivity index (χ4v) is 0.678. The van der Waals surface area contributed by atoms with Crippen LogP contribution < -0.4 is 5.73 Å². The molecule has 4 heteroatoms. The number of ether oxygens (including phenoxy) is 1. The zero-order valence-electron chi connectivity index (χ0n) is 6.79. The van der Waals surface area contributed by atoms with Gasteiger partial charge in [-0.25, -0.2) is 0 Å². The van der Waals surface area contributed by atoms with Crippen molar-refractivity contribution in [1.29, 1.82) is 0 Å². The molecule has 0 fully saturated rings. The van der Waals surface area contributed by atoms with E-state index in [1.54, 1.807) is 6.92 Å². The van der Waals surface area contributed by atoms with E-state index in [1.165, 1.54) is 7.11 Å². The monoisotopic (exact) mass is 159 g/mol. The van der Waals surface area contributed by atoms with Gasteiger partial charge in [0.25, 0.3) is 0 Å². The van der Waals surface area contributed by atoms with Crippen molar-refractivity contribution < 1.29 is 14.3 Å². The predicted octanol–water partition coefficient (Wildman–Crippen LogP) is 0.0610. The Hall–Kier alpha value is -1.06. The van der Waals surface area contributed by atoms with Crippen LogP contribution in [-0.4, -0.2) is 19.0 Å². The van der Waals surface area contributed by atoms with Gasteiger partial charge in [-0.05, 0) is 6.42 Å². The summed E-state index contributed by atoms with van der Waals surface area (Å²) in [6, 6.07) is 0. The van der Waals surface area contributed by atoms with Crippen molar-refractivity contribution in [3.05, 3.63) is 0 Å². The second-order valence-corrected chi connectivity index (χ2v) is 2.43. The van der Waals surface area contributed by atoms with E-state index in [1.807, 2.05) is 0 Å². The standard InChI is InChI=1S/C7H13NO3/c1-5(7(10)11-2)3-4-6(8)9/h5H,3-4H2,1-2H3,(H2,8,9). The van der Waals surface area contributed by atoms with E-state index in [-0.39, 0.29) is 24.2 Å². The fourth-order valence-electron chi connectivity index (χ4n) is 0.678. The van der Waals surface area contributed by atoms with Crippen LogP contribution in [0, 0.1) is 5.92 Å². The smallest absolute Gasteiger partial charge is 0.308 e. The highest BCUT2D eigenvalue weighted by atomic mass is 16.5. The van der Waals surface area contributed by atoms with Crippen molar-refractivity contribution in [2.24, 2.45) is 11.7 Å². The zero-order valence-corrected chi connectivity index (χ0v) is 6.79. The van der Waals surface area contributed by atoms with Crippen LogP contribution in [0.1, 0.15) is 19.8 Å². The van der Waals surface area contributed by atoms with Crippen LogP contribution in [0.3, 0.4) is 0 Å². The Kier molecular flexibility index (Phi) is 4.26. The Morgan fingerprint density at radius 3 is 2.45 bits per heavy atom. The number of nitrogens with two attached hydrogens (primary N) is 1. The lowest BCUT2D eigenvalue weighted by Crippen LogP contribution is -2.17. The number of carbonyl (C=O) groups excluding carboxylic acids is 2. The summed E-state index contributed by atoms with van der Waals surface area (Å²) in [5.74, 6) is -0.931. The summed E-state index contributed by atoms with van der Waals surface area (Å²) in [5, 5.41) is 0. The average molecular weight is 159 g/mol. The molecule has 0 aromatic rings. The Labute approximate surface area is 65.7 Å². The molecule has 0 aliphatic heterocycles. The van der Waals surface area contributed by atoms with Gasteiger partial charge in [0.05, 0.1) is 13.0 Å². The summed E-state index contributed by atoms with van der Waals surface area (Å²) in [6.45, 7) is 1.70. The van der Waals surface area contributed by atoms with Crippen molar-refractivity contribution in [3.8, 4) is 0 Å². The summed E-state index contributed by atoms with van der Waals surface area (Å²) >= 11 is 0. The second kappa shape index (κ2) is 4.71. The first-order chi connectivity index (χ1) is 5.07. The number of carbonyl (C=O) groups is 2. The largest absolute Gasteiger partial charge is 0.469 e. The molecule has 11 heavy (non-hydrogen) atoms. The van der Waals surface area contributed by atoms with Crippen molar-refractivity contribution in [3.63, 3.8) is 0 Å². The first-order valence-corrected chi connectivity index (χ1v) is 3.44. The van der Waals surface area contributed by atoms with Gasteiger partial charge in [-0.3, -0.25) is 9.59 Å². The van der Waals surface area contributed by atoms with Crippen molar-refractivity contribution in [1.82, 2.24) is 0 Å². The lowest BCUT2D eigenvalue weighted by atomic mass is 10.1. The molecule has 0 aliphatic carbocycles. The highest BCUT2D eigenvalue weighted by Gasteiger charge is 2.13. The van der Waals surface area contributed by atoms with E-state index < -0.39 is 0 Å². The summed E-state index contributed by atoms with van der Waals surface area (Å²) in [5.41, 5.74) is 4.89. The highest BCUT2D eigenvalue weighted by Crippen LogP contribution is 2.06. The van der Waals surface area contributed by atoms with Gasteiger partial charge in [-0.2, -0.15) is 0 Å². The van der Waals surface area contributed by atoms with E-state index in [4.69, 9.17) is 5.73 Å². The average Bonchev–Trinajstić information content (AvgIpc) is 1.98. The molecule has 0 saturated heterocycles. The summed E-state index contributed by atoms with van der Waals surface area (Å²) in [6.07, 6.45) is 0.693. The molecule has 0 rings (SSSR count). The maximum atomic E-state index is 10.7. The molecule has 1 unspecified atom stereocenters. The van der Waals surface area contributed by atoms with Gasteiger partial charge in [0.15, 0.2) is 0 Å². The second-order valence-electron chi connectivity index (χ2n) is 2.43. The molecular weight excluding hydrogens is 146 g/mol. The first kappa shape index (κ1) is 9.94. The lowest BCUT2D eigenvalue weighted by Gasteiger charge is -2.05. The number of methoxy groups -OCH3 is 1. The molecular formula is C7H13NO3. The SMILES string of the molecule is COC(=O)C(C)CCC(N)=O. The zero-order chi connectivity index (χ0) is 8.85. The number of amides is 1. The normalized spacial score (nSPS) is 12.2. The highest BCUT2D eigenvalue weighted by molar-refractivity contribution is 5.76. The van der Waals surface area contributed by atoms with Gasteiger partial charge in [0.1, 0.15) is 0 Å². The third kappa shape index (κ3) is 4.36. The first-order valence-electron chi connectivity index (χ1n) is 3.44. The molecule has 0 heterocycles. The maximum absolute atomic E-state index is 10.7. The van der Waals surface area contributed by atoms with Crippen LogP contribution in [0.4, 0.5) is 0 Å². The van der Waals surface area contributed by atoms with Gasteiger partial charge < -0.3 is 10.5 Å². The van der Waals surface area contributed by atoms with E-state index in [0.717, 1.165) is 0 Å². The van der Waals surface area contributed by atoms with E-state index in [2.05, 4.69) is 4.74 Å². The van der Waals surface area contributed by atoms with Gasteiger partial charge in [-0.1, -0.05) is 6.92 Å². The number of hydrogen-bond acceptors (Lipinski definition) is 3. The molecule has 0 bridgehead atoms. The minimum atomic E-state index is -0.388. The Morgan fingerprint density at radius 2 is 2.09 bits per heavy atom. The minimum Gasteiger partial charge on any atom is -0.469 e. The minimum absolute atomic E-state index is 0.232. The van der Waals surface area contributed by atoms with Crippen LogP contribution in [0.2, 0.25) is 0 Å². The molecule has 0 aromatic heterocycles. The summed E-state index contributed by atoms with van der Waals surface area (Å²) in [4.78, 5) is 21.0. The molecule has 0 spiro atoms. The number of primary amides is 1. The molecule has 1 amide bonds. The number of rotatable bonds is 4. The molecule has 1 atom stereocenters. The summed E-state index contributed by atoms with van der Waals surface area (Å²) < 4.78 is 4.45. The van der Waals surface area contributed by atoms with Gasteiger partial charge in [0.2, 0.25) is 5.91 Å². The molecule has 0 saturated carbocycles. The van der Waals surface area contributed by atoms with E-state index in [0.29, 0.717) is 6.42 Å². The molecule has 2 N–H and O–H groups in total. The molecule has 64 valence electrons. The van der Waals surface area contributed by atoms with Crippen molar-refractivity contribution >= 4 is 11.9 Å². The fraction of sp³-hybridized carbons (Fsp3) is 0.714. The third-order valence-corrected chi connectivity index (χ3v) is 1.43. The van der Waals surface area contributed by atoms with Crippen LogP contribution in [-0.2, 0) is 14.3 Å². The molecule has 4 nitrogen and oxygen atoms in total. The van der Waals surface area contributed by atoms with Crippen LogP contribution in [0.15, 0.2) is 0 Å². The molecule has 0 aromatic carbocycles. The molecule has 0 radical (unpaired) electrons. The van der Waals surface area contributed by atoms with Gasteiger partial charge in [-0.15, -0.1) is 0 Å². The maximum Gasteiger partial charge on any atom is 0.308 e. The van der Waals surface area contributed by atoms with Gasteiger partial charge >= 0.3 is 5.97 Å². The van der Waals surface area contributed by atoms with Crippen LogP contribution >= 0.6 is 0 Å². The lowest BCUT2D eigenvalue weighted by molar-refractivity contribution is -0.145. The Morgan fingerprint density at radius 1 is 1.55 bits per heavy atom. The van der Waals surface area contributed by atoms with Crippen molar-refractivity contribution in [2.75, 3.05) is 7.11 Å². The predicted molar refractivity (Wildman–Crippen MR) is 39.6 cm³/mol. The number of esters is 1. The quantitative estimate of drug-likeness (QED) is 0.590. The van der Waals surface area contributed by atoms with Crippen LogP contribution in [0.25, 0.3) is 0 Å². The third-order valence-electron chi connectivity index (χ3n) is 1.43. The molecule has 0 aliphatic rings. The van der Waals surface area contributed by atoms with Gasteiger partial charge in [0, 0.05) is 6.42 Å².